The van der Waals surface area contributed by atoms with Gasteiger partial charge in [0.25, 0.3) is 5.91 Å². The molecule has 2 aromatic carbocycles. The Hall–Kier alpha value is -3.61. The normalized spacial score (nSPS) is 14.4. The van der Waals surface area contributed by atoms with Crippen molar-refractivity contribution in [1.82, 2.24) is 20.0 Å². The van der Waals surface area contributed by atoms with Crippen LogP contribution >= 0.6 is 0 Å². The number of fused-ring (bicyclic) bond motifs is 1. The van der Waals surface area contributed by atoms with Gasteiger partial charge in [-0.05, 0) is 36.8 Å². The van der Waals surface area contributed by atoms with Gasteiger partial charge < -0.3 is 14.5 Å². The van der Waals surface area contributed by atoms with E-state index in [0.29, 0.717) is 38.3 Å². The van der Waals surface area contributed by atoms with Crippen LogP contribution in [0.5, 0.6) is 0 Å². The topological polar surface area (TPSA) is 78.5 Å². The van der Waals surface area contributed by atoms with E-state index in [0.717, 1.165) is 22.2 Å². The Morgan fingerprint density at radius 1 is 1.00 bits per heavy atom. The van der Waals surface area contributed by atoms with Gasteiger partial charge >= 0.3 is 6.09 Å². The van der Waals surface area contributed by atoms with Crippen LogP contribution in [-0.4, -0.2) is 64.8 Å². The van der Waals surface area contributed by atoms with E-state index >= 15 is 0 Å². The minimum absolute atomic E-state index is 0.0210. The summed E-state index contributed by atoms with van der Waals surface area (Å²) in [7, 11) is 0. The number of aromatic amines is 1. The molecule has 0 atom stereocenters. The molecule has 4 rings (SSSR count). The number of hydrogen-bond acceptors (Lipinski definition) is 4. The van der Waals surface area contributed by atoms with Crippen molar-refractivity contribution in [3.63, 3.8) is 0 Å². The molecule has 0 saturated carbocycles. The van der Waals surface area contributed by atoms with Gasteiger partial charge in [-0.15, -0.1) is 0 Å². The summed E-state index contributed by atoms with van der Waals surface area (Å²) in [6, 6.07) is 15.5. The van der Waals surface area contributed by atoms with Crippen molar-refractivity contribution in [3.05, 3.63) is 65.4 Å². The van der Waals surface area contributed by atoms with Crippen LogP contribution in [0.15, 0.2) is 48.5 Å². The lowest BCUT2D eigenvalue weighted by molar-refractivity contribution is 0.0570. The molecule has 1 aromatic heterocycles. The first kappa shape index (κ1) is 19.7. The Kier molecular flexibility index (Phi) is 5.79. The fourth-order valence-corrected chi connectivity index (χ4v) is 3.51. The van der Waals surface area contributed by atoms with Crippen molar-refractivity contribution in [2.45, 2.75) is 6.92 Å². The van der Waals surface area contributed by atoms with E-state index in [1.165, 1.54) is 0 Å². The van der Waals surface area contributed by atoms with Crippen molar-refractivity contribution in [1.29, 1.82) is 0 Å². The molecule has 1 aliphatic rings. The first-order chi connectivity index (χ1) is 14.7. The number of carbonyl (C=O) groups excluding carboxylic acids is 2. The molecule has 7 heteroatoms. The molecule has 2 amide bonds. The Morgan fingerprint density at radius 2 is 1.70 bits per heavy atom. The third-order valence-electron chi connectivity index (χ3n) is 5.18. The van der Waals surface area contributed by atoms with Crippen molar-refractivity contribution in [3.8, 4) is 0 Å². The van der Waals surface area contributed by atoms with Crippen LogP contribution in [-0.2, 0) is 4.74 Å². The molecular formula is C23H24N4O3. The van der Waals surface area contributed by atoms with Crippen LogP contribution in [0.2, 0.25) is 0 Å². The van der Waals surface area contributed by atoms with Crippen molar-refractivity contribution >= 4 is 35.1 Å². The number of aromatic nitrogens is 2. The average molecular weight is 404 g/mol. The number of amides is 2. The monoisotopic (exact) mass is 404 g/mol. The summed E-state index contributed by atoms with van der Waals surface area (Å²) < 4.78 is 5.02. The van der Waals surface area contributed by atoms with Gasteiger partial charge in [0, 0.05) is 37.1 Å². The molecule has 0 spiro atoms. The number of rotatable bonds is 4. The highest BCUT2D eigenvalue weighted by molar-refractivity contribution is 5.95. The number of H-pyrrole nitrogens is 1. The predicted molar refractivity (Wildman–Crippen MR) is 116 cm³/mol. The largest absolute Gasteiger partial charge is 0.450 e. The second-order valence-corrected chi connectivity index (χ2v) is 7.09. The van der Waals surface area contributed by atoms with Gasteiger partial charge in [0.15, 0.2) is 0 Å². The highest BCUT2D eigenvalue weighted by Crippen LogP contribution is 2.18. The average Bonchev–Trinajstić information content (AvgIpc) is 3.21. The number of nitrogens with one attached hydrogen (secondary N) is 1. The van der Waals surface area contributed by atoms with Crippen LogP contribution in [0.3, 0.4) is 0 Å². The summed E-state index contributed by atoms with van der Waals surface area (Å²) >= 11 is 0. The van der Waals surface area contributed by atoms with Gasteiger partial charge in [-0.1, -0.05) is 36.4 Å². The molecule has 0 bridgehead atoms. The van der Waals surface area contributed by atoms with E-state index < -0.39 is 0 Å². The zero-order valence-electron chi connectivity index (χ0n) is 16.9. The summed E-state index contributed by atoms with van der Waals surface area (Å²) in [4.78, 5) is 28.0. The van der Waals surface area contributed by atoms with E-state index in [4.69, 9.17) is 4.74 Å². The smallest absolute Gasteiger partial charge is 0.409 e. The summed E-state index contributed by atoms with van der Waals surface area (Å²) in [5.74, 6) is -0.0210. The molecule has 1 N–H and O–H groups in total. The quantitative estimate of drug-likeness (QED) is 0.720. The molecular weight excluding hydrogens is 380 g/mol. The van der Waals surface area contributed by atoms with Gasteiger partial charge in [0.05, 0.1) is 17.8 Å². The number of carbonyl (C=O) groups is 2. The Labute approximate surface area is 174 Å². The molecule has 0 radical (unpaired) electrons. The van der Waals surface area contributed by atoms with Gasteiger partial charge in [0.1, 0.15) is 0 Å². The van der Waals surface area contributed by atoms with Gasteiger partial charge in [-0.25, -0.2) is 4.79 Å². The van der Waals surface area contributed by atoms with Crippen LogP contribution in [0.25, 0.3) is 23.1 Å². The van der Waals surface area contributed by atoms with Crippen molar-refractivity contribution in [2.75, 3.05) is 32.8 Å². The standard InChI is InChI=1S/C23H24N4O3/c1-2-30-23(29)27-15-13-26(14-16-27)22(28)18-10-7-17(8-11-18)9-12-21-19-5-3-4-6-20(19)24-25-21/h3-12H,2,13-16H2,1H3,(H,24,25)/b12-9+. The predicted octanol–water partition coefficient (Wildman–Crippen LogP) is 3.65. The summed E-state index contributed by atoms with van der Waals surface area (Å²) in [5, 5.41) is 8.43. The first-order valence-corrected chi connectivity index (χ1v) is 10.1. The zero-order chi connectivity index (χ0) is 20.9. The fraction of sp³-hybridized carbons (Fsp3) is 0.261. The first-order valence-electron chi connectivity index (χ1n) is 10.1. The highest BCUT2D eigenvalue weighted by atomic mass is 16.6. The lowest BCUT2D eigenvalue weighted by Crippen LogP contribution is -2.50. The molecule has 0 unspecified atom stereocenters. The van der Waals surface area contributed by atoms with E-state index in [1.54, 1.807) is 16.7 Å². The third-order valence-corrected chi connectivity index (χ3v) is 5.18. The number of benzene rings is 2. The number of piperazine rings is 1. The maximum Gasteiger partial charge on any atom is 0.409 e. The van der Waals surface area contributed by atoms with E-state index in [-0.39, 0.29) is 12.0 Å². The fourth-order valence-electron chi connectivity index (χ4n) is 3.51. The summed E-state index contributed by atoms with van der Waals surface area (Å²) in [5.41, 5.74) is 3.51. The van der Waals surface area contributed by atoms with Crippen LogP contribution < -0.4 is 0 Å². The minimum atomic E-state index is -0.314. The third kappa shape index (κ3) is 4.20. The highest BCUT2D eigenvalue weighted by Gasteiger charge is 2.25. The molecule has 3 aromatic rings. The SMILES string of the molecule is CCOC(=O)N1CCN(C(=O)c2ccc(/C=C/c3n[nH]c4ccccc34)cc2)CC1. The Balaban J connectivity index is 1.38. The number of para-hydroxylation sites is 1. The number of nitrogens with zero attached hydrogens (tertiary/aromatic N) is 3. The van der Waals surface area contributed by atoms with Crippen LogP contribution in [0.1, 0.15) is 28.5 Å². The van der Waals surface area contributed by atoms with Gasteiger partial charge in [-0.2, -0.15) is 5.10 Å². The number of hydrogen-bond donors (Lipinski definition) is 1. The Morgan fingerprint density at radius 3 is 2.43 bits per heavy atom. The maximum absolute atomic E-state index is 12.8. The minimum Gasteiger partial charge on any atom is -0.450 e. The molecule has 1 saturated heterocycles. The van der Waals surface area contributed by atoms with Gasteiger partial charge in [0.2, 0.25) is 0 Å². The lowest BCUT2D eigenvalue weighted by atomic mass is 10.1. The lowest BCUT2D eigenvalue weighted by Gasteiger charge is -2.34. The molecule has 2 heterocycles. The maximum atomic E-state index is 12.8. The number of ether oxygens (including phenoxy) is 1. The van der Waals surface area contributed by atoms with E-state index in [1.807, 2.05) is 60.7 Å². The summed E-state index contributed by atoms with van der Waals surface area (Å²) in [6.07, 6.45) is 3.63. The molecule has 0 aliphatic carbocycles. The van der Waals surface area contributed by atoms with Crippen molar-refractivity contribution in [2.24, 2.45) is 0 Å². The molecule has 1 fully saturated rings. The van der Waals surface area contributed by atoms with E-state index in [2.05, 4.69) is 10.2 Å². The summed E-state index contributed by atoms with van der Waals surface area (Å²) in [6.45, 7) is 4.13. The molecule has 154 valence electrons. The zero-order valence-corrected chi connectivity index (χ0v) is 16.9. The van der Waals surface area contributed by atoms with E-state index in [9.17, 15) is 9.59 Å². The van der Waals surface area contributed by atoms with Crippen LogP contribution in [0.4, 0.5) is 4.79 Å². The van der Waals surface area contributed by atoms with Gasteiger partial charge in [-0.3, -0.25) is 9.89 Å². The Bertz CT molecular complexity index is 1060. The second kappa shape index (κ2) is 8.82. The molecule has 30 heavy (non-hydrogen) atoms. The van der Waals surface area contributed by atoms with Crippen LogP contribution in [0, 0.1) is 0 Å². The second-order valence-electron chi connectivity index (χ2n) is 7.09. The van der Waals surface area contributed by atoms with Crippen molar-refractivity contribution < 1.29 is 14.3 Å². The molecule has 7 nitrogen and oxygen atoms in total. The molecule has 1 aliphatic heterocycles.